The minimum atomic E-state index is -0.882. The van der Waals surface area contributed by atoms with Crippen LogP contribution in [0.1, 0.15) is 11.5 Å². The summed E-state index contributed by atoms with van der Waals surface area (Å²) < 4.78 is 10.0. The molecule has 0 spiro atoms. The molecule has 2 N–H and O–H groups in total. The Morgan fingerprint density at radius 3 is 2.32 bits per heavy atom. The first-order valence-electron chi connectivity index (χ1n) is 9.28. The number of carbonyl (C=O) groups excluding carboxylic acids is 2. The van der Waals surface area contributed by atoms with Gasteiger partial charge < -0.3 is 15.2 Å². The van der Waals surface area contributed by atoms with E-state index in [1.165, 1.54) is 30.9 Å². The van der Waals surface area contributed by atoms with Crippen LogP contribution in [0.25, 0.3) is 0 Å². The number of anilines is 1. The average molecular weight is 436 g/mol. The Morgan fingerprint density at radius 2 is 1.74 bits per heavy atom. The maximum Gasteiger partial charge on any atom is 0.355 e. The third-order valence-corrected chi connectivity index (χ3v) is 5.65. The predicted molar refractivity (Wildman–Crippen MR) is 118 cm³/mol. The van der Waals surface area contributed by atoms with E-state index in [9.17, 15) is 14.9 Å². The number of hydrogen-bond acceptors (Lipinski definition) is 8. The van der Waals surface area contributed by atoms with Crippen molar-refractivity contribution in [1.82, 2.24) is 0 Å². The van der Waals surface area contributed by atoms with Gasteiger partial charge in [-0.2, -0.15) is 5.26 Å². The first-order valence-corrected chi connectivity index (χ1v) is 10.5. The molecule has 1 heterocycles. The van der Waals surface area contributed by atoms with Gasteiger partial charge in [-0.1, -0.05) is 36.4 Å². The molecule has 1 atom stereocenters. The Morgan fingerprint density at radius 1 is 1.06 bits per heavy atom. The summed E-state index contributed by atoms with van der Waals surface area (Å²) in [5.41, 5.74) is 7.63. The van der Waals surface area contributed by atoms with E-state index in [2.05, 4.69) is 6.07 Å². The number of allylic oxidation sites excluding steroid dienone is 1. The normalized spacial score (nSPS) is 16.1. The van der Waals surface area contributed by atoms with Gasteiger partial charge in [0.15, 0.2) is 0 Å². The molecule has 0 bridgehead atoms. The van der Waals surface area contributed by atoms with Crippen LogP contribution in [-0.2, 0) is 19.1 Å². The largest absolute Gasteiger partial charge is 0.466 e. The third-order valence-electron chi connectivity index (χ3n) is 4.92. The second-order valence-electron chi connectivity index (χ2n) is 6.54. The van der Waals surface area contributed by atoms with Crippen LogP contribution in [0.2, 0.25) is 0 Å². The molecule has 0 saturated heterocycles. The van der Waals surface area contributed by atoms with E-state index in [-0.39, 0.29) is 22.7 Å². The molecular weight excluding hydrogens is 414 g/mol. The van der Waals surface area contributed by atoms with Gasteiger partial charge in [-0.3, -0.25) is 4.90 Å². The number of nitrogens with zero attached hydrogens (tertiary/aromatic N) is 2. The highest BCUT2D eigenvalue weighted by molar-refractivity contribution is 7.98. The highest BCUT2D eigenvalue weighted by Crippen LogP contribution is 2.43. The average Bonchev–Trinajstić information content (AvgIpc) is 2.82. The van der Waals surface area contributed by atoms with Crippen molar-refractivity contribution in [3.05, 3.63) is 82.8 Å². The minimum absolute atomic E-state index is 0.0131. The first-order chi connectivity index (χ1) is 15.0. The number of thioether (sulfide) groups is 1. The highest BCUT2D eigenvalue weighted by atomic mass is 32.2. The standard InChI is InChI=1S/C23H21N3O4S/c1-29-22(27)19-18(14-8-5-4-6-9-14)17(13-24)21(25)26(20(19)23(28)30-2)15-10-7-11-16(12-15)31-3/h4-12,18H,25H2,1-3H3. The van der Waals surface area contributed by atoms with E-state index in [4.69, 9.17) is 15.2 Å². The van der Waals surface area contributed by atoms with Crippen molar-refractivity contribution in [3.63, 3.8) is 0 Å². The van der Waals surface area contributed by atoms with E-state index >= 15 is 0 Å². The summed E-state index contributed by atoms with van der Waals surface area (Å²) in [5, 5.41) is 10.0. The second kappa shape index (κ2) is 9.41. The van der Waals surface area contributed by atoms with Gasteiger partial charge >= 0.3 is 11.9 Å². The molecule has 2 aromatic carbocycles. The van der Waals surface area contributed by atoms with Crippen LogP contribution in [-0.4, -0.2) is 32.4 Å². The van der Waals surface area contributed by atoms with Gasteiger partial charge in [0.05, 0.1) is 37.4 Å². The van der Waals surface area contributed by atoms with Gasteiger partial charge in [-0.25, -0.2) is 9.59 Å². The number of nitriles is 1. The highest BCUT2D eigenvalue weighted by Gasteiger charge is 2.42. The molecule has 0 aromatic heterocycles. The molecule has 0 amide bonds. The number of hydrogen-bond donors (Lipinski definition) is 1. The molecule has 1 aliphatic rings. The SMILES string of the molecule is COC(=O)C1=C(C(=O)OC)N(c2cccc(SC)c2)C(N)=C(C#N)C1c1ccccc1. The fourth-order valence-electron chi connectivity index (χ4n) is 3.53. The lowest BCUT2D eigenvalue weighted by Crippen LogP contribution is -2.40. The molecule has 2 aromatic rings. The Balaban J connectivity index is 2.40. The summed E-state index contributed by atoms with van der Waals surface area (Å²) in [6, 6.07) is 18.3. The van der Waals surface area contributed by atoms with Gasteiger partial charge in [-0.05, 0) is 30.0 Å². The van der Waals surface area contributed by atoms with Crippen molar-refractivity contribution in [2.24, 2.45) is 5.73 Å². The molecular formula is C23H21N3O4S. The van der Waals surface area contributed by atoms with Crippen LogP contribution in [0.4, 0.5) is 5.69 Å². The second-order valence-corrected chi connectivity index (χ2v) is 7.42. The van der Waals surface area contributed by atoms with Gasteiger partial charge in [-0.15, -0.1) is 11.8 Å². The Bertz CT molecular complexity index is 1120. The van der Waals surface area contributed by atoms with Crippen molar-refractivity contribution >= 4 is 29.4 Å². The molecule has 8 heteroatoms. The topological polar surface area (TPSA) is 106 Å². The zero-order valence-corrected chi connectivity index (χ0v) is 18.1. The lowest BCUT2D eigenvalue weighted by atomic mass is 9.81. The van der Waals surface area contributed by atoms with Crippen molar-refractivity contribution in [1.29, 1.82) is 5.26 Å². The van der Waals surface area contributed by atoms with E-state index in [1.54, 1.807) is 36.4 Å². The lowest BCUT2D eigenvalue weighted by Gasteiger charge is -2.36. The molecule has 0 radical (unpaired) electrons. The minimum Gasteiger partial charge on any atom is -0.466 e. The number of rotatable bonds is 5. The number of ether oxygens (including phenoxy) is 2. The predicted octanol–water partition coefficient (Wildman–Crippen LogP) is 3.31. The fourth-order valence-corrected chi connectivity index (χ4v) is 3.98. The number of benzene rings is 2. The summed E-state index contributed by atoms with van der Waals surface area (Å²) in [5.74, 6) is -2.35. The molecule has 0 aliphatic carbocycles. The Hall–Kier alpha value is -3.70. The van der Waals surface area contributed by atoms with Gasteiger partial charge in [0, 0.05) is 10.6 Å². The van der Waals surface area contributed by atoms with Crippen LogP contribution < -0.4 is 10.6 Å². The maximum absolute atomic E-state index is 13.0. The Labute approximate surface area is 184 Å². The quantitative estimate of drug-likeness (QED) is 0.563. The number of methoxy groups -OCH3 is 2. The number of carbonyl (C=O) groups is 2. The summed E-state index contributed by atoms with van der Waals surface area (Å²) >= 11 is 1.51. The molecule has 158 valence electrons. The van der Waals surface area contributed by atoms with Crippen LogP contribution >= 0.6 is 11.8 Å². The first kappa shape index (κ1) is 22.0. The monoisotopic (exact) mass is 435 g/mol. The van der Waals surface area contributed by atoms with Crippen LogP contribution in [0.15, 0.2) is 82.2 Å². The summed E-state index contributed by atoms with van der Waals surface area (Å²) in [6.07, 6.45) is 1.91. The van der Waals surface area contributed by atoms with Gasteiger partial charge in [0.1, 0.15) is 11.5 Å². The zero-order chi connectivity index (χ0) is 22.5. The summed E-state index contributed by atoms with van der Waals surface area (Å²) in [6.45, 7) is 0. The van der Waals surface area contributed by atoms with E-state index in [0.29, 0.717) is 11.3 Å². The zero-order valence-electron chi connectivity index (χ0n) is 17.3. The molecule has 0 saturated carbocycles. The molecule has 3 rings (SSSR count). The van der Waals surface area contributed by atoms with Crippen molar-refractivity contribution in [2.45, 2.75) is 10.8 Å². The summed E-state index contributed by atoms with van der Waals surface area (Å²) in [7, 11) is 2.44. The maximum atomic E-state index is 13.0. The van der Waals surface area contributed by atoms with Crippen molar-refractivity contribution < 1.29 is 19.1 Å². The summed E-state index contributed by atoms with van der Waals surface area (Å²) in [4.78, 5) is 28.2. The van der Waals surface area contributed by atoms with Crippen LogP contribution in [0.5, 0.6) is 0 Å². The number of nitrogens with two attached hydrogens (primary N) is 1. The van der Waals surface area contributed by atoms with Gasteiger partial charge in [0.2, 0.25) is 0 Å². The number of esters is 2. The third kappa shape index (κ3) is 4.00. The van der Waals surface area contributed by atoms with E-state index < -0.39 is 17.9 Å². The molecule has 1 aliphatic heterocycles. The molecule has 1 unspecified atom stereocenters. The smallest absolute Gasteiger partial charge is 0.355 e. The van der Waals surface area contributed by atoms with Crippen molar-refractivity contribution in [2.75, 3.05) is 25.4 Å². The van der Waals surface area contributed by atoms with E-state index in [1.807, 2.05) is 24.5 Å². The molecule has 0 fully saturated rings. The Kier molecular flexibility index (Phi) is 6.68. The van der Waals surface area contributed by atoms with Crippen molar-refractivity contribution in [3.8, 4) is 6.07 Å². The van der Waals surface area contributed by atoms with Crippen LogP contribution in [0, 0.1) is 11.3 Å². The van der Waals surface area contributed by atoms with E-state index in [0.717, 1.165) is 4.90 Å². The molecule has 31 heavy (non-hydrogen) atoms. The molecule has 7 nitrogen and oxygen atoms in total. The van der Waals surface area contributed by atoms with Crippen LogP contribution in [0.3, 0.4) is 0 Å². The van der Waals surface area contributed by atoms with Gasteiger partial charge in [0.25, 0.3) is 0 Å². The fraction of sp³-hybridized carbons (Fsp3) is 0.174. The lowest BCUT2D eigenvalue weighted by molar-refractivity contribution is -0.139.